The fourth-order valence-electron chi connectivity index (χ4n) is 1.04. The van der Waals surface area contributed by atoms with Gasteiger partial charge in [-0.2, -0.15) is 0 Å². The highest BCUT2D eigenvalue weighted by molar-refractivity contribution is 8.01. The van der Waals surface area contributed by atoms with Crippen molar-refractivity contribution in [2.75, 3.05) is 5.73 Å². The van der Waals surface area contributed by atoms with Crippen molar-refractivity contribution >= 4 is 28.8 Å². The summed E-state index contributed by atoms with van der Waals surface area (Å²) >= 11 is 3.32. The Kier molecular flexibility index (Phi) is 2.74. The highest BCUT2D eigenvalue weighted by Crippen LogP contribution is 2.33. The first kappa shape index (κ1) is 9.55. The minimum absolute atomic E-state index is 0.744. The Hall–Kier alpha value is -1.00. The highest BCUT2D eigenvalue weighted by Gasteiger charge is 2.04. The number of anilines is 1. The quantitative estimate of drug-likeness (QED) is 0.848. The molecule has 2 nitrogen and oxygen atoms in total. The third-order valence-corrected chi connectivity index (χ3v) is 3.78. The van der Waals surface area contributed by atoms with Crippen LogP contribution in [0.25, 0.3) is 0 Å². The van der Waals surface area contributed by atoms with Crippen LogP contribution in [0.1, 0.15) is 5.69 Å². The number of thiophene rings is 1. The molecule has 0 aliphatic rings. The van der Waals surface area contributed by atoms with Crippen molar-refractivity contribution in [3.8, 4) is 0 Å². The Morgan fingerprint density at radius 1 is 1.36 bits per heavy atom. The second-order valence-electron chi connectivity index (χ2n) is 2.88. The molecule has 0 saturated heterocycles. The summed E-state index contributed by atoms with van der Waals surface area (Å²) in [7, 11) is 0. The Balaban J connectivity index is 2.28. The monoisotopic (exact) mass is 222 g/mol. The van der Waals surface area contributed by atoms with Crippen LogP contribution in [-0.4, -0.2) is 4.98 Å². The zero-order chi connectivity index (χ0) is 9.97. The van der Waals surface area contributed by atoms with Gasteiger partial charge in [-0.1, -0.05) is 17.8 Å². The summed E-state index contributed by atoms with van der Waals surface area (Å²) in [6, 6.07) is 7.92. The fraction of sp³-hybridized carbons (Fsp3) is 0.100. The summed E-state index contributed by atoms with van der Waals surface area (Å²) in [5.74, 6) is 0. The van der Waals surface area contributed by atoms with Crippen molar-refractivity contribution in [3.05, 3.63) is 35.3 Å². The van der Waals surface area contributed by atoms with Crippen LogP contribution < -0.4 is 5.73 Å². The molecule has 4 heteroatoms. The number of pyridine rings is 1. The number of aryl methyl sites for hydroxylation is 1. The predicted octanol–water partition coefficient (Wildman–Crippen LogP) is 3.18. The van der Waals surface area contributed by atoms with Crippen LogP contribution >= 0.6 is 23.1 Å². The van der Waals surface area contributed by atoms with E-state index in [2.05, 4.69) is 11.1 Å². The molecule has 2 aromatic rings. The molecule has 0 aliphatic carbocycles. The number of hydrogen-bond acceptors (Lipinski definition) is 4. The number of hydrogen-bond donors (Lipinski definition) is 1. The Bertz CT molecular complexity index is 424. The minimum atomic E-state index is 0.744. The van der Waals surface area contributed by atoms with Crippen molar-refractivity contribution in [3.63, 3.8) is 0 Å². The van der Waals surface area contributed by atoms with E-state index in [9.17, 15) is 0 Å². The first-order valence-electron chi connectivity index (χ1n) is 4.20. The molecule has 0 saturated carbocycles. The maximum absolute atomic E-state index is 5.83. The summed E-state index contributed by atoms with van der Waals surface area (Å²) in [5, 5.41) is 2.95. The molecule has 0 bridgehead atoms. The molecule has 0 aromatic carbocycles. The summed E-state index contributed by atoms with van der Waals surface area (Å²) in [6.07, 6.45) is 0. The molecule has 2 N–H and O–H groups in total. The molecule has 2 rings (SSSR count). The number of nitrogen functional groups attached to an aromatic ring is 1. The maximum atomic E-state index is 5.83. The van der Waals surface area contributed by atoms with Gasteiger partial charge in [0.2, 0.25) is 0 Å². The second kappa shape index (κ2) is 4.02. The van der Waals surface area contributed by atoms with Gasteiger partial charge >= 0.3 is 0 Å². The molecule has 72 valence electrons. The van der Waals surface area contributed by atoms with Crippen LogP contribution in [0.5, 0.6) is 0 Å². The van der Waals surface area contributed by atoms with E-state index in [1.165, 1.54) is 4.21 Å². The van der Waals surface area contributed by atoms with E-state index in [1.807, 2.05) is 30.5 Å². The molecule has 0 atom stereocenters. The van der Waals surface area contributed by atoms with Gasteiger partial charge in [0.25, 0.3) is 0 Å². The van der Waals surface area contributed by atoms with E-state index < -0.39 is 0 Å². The van der Waals surface area contributed by atoms with Crippen molar-refractivity contribution in [1.82, 2.24) is 4.98 Å². The lowest BCUT2D eigenvalue weighted by molar-refractivity contribution is 1.07. The van der Waals surface area contributed by atoms with Crippen molar-refractivity contribution in [2.45, 2.75) is 16.2 Å². The lowest BCUT2D eigenvalue weighted by Crippen LogP contribution is -1.92. The highest BCUT2D eigenvalue weighted by atomic mass is 32.2. The summed E-state index contributed by atoms with van der Waals surface area (Å²) < 4.78 is 1.22. The average Bonchev–Trinajstić information content (AvgIpc) is 2.64. The number of nitrogens with two attached hydrogens (primary N) is 1. The van der Waals surface area contributed by atoms with Crippen molar-refractivity contribution in [1.29, 1.82) is 0 Å². The Morgan fingerprint density at radius 3 is 2.93 bits per heavy atom. The smallest absolute Gasteiger partial charge is 0.125 e. The number of aromatic nitrogens is 1. The molecule has 0 unspecified atom stereocenters. The summed E-state index contributed by atoms with van der Waals surface area (Å²) in [6.45, 7) is 1.97. The van der Waals surface area contributed by atoms with E-state index in [0.29, 0.717) is 0 Å². The van der Waals surface area contributed by atoms with E-state index in [1.54, 1.807) is 23.1 Å². The zero-order valence-corrected chi connectivity index (χ0v) is 9.36. The van der Waals surface area contributed by atoms with E-state index in [-0.39, 0.29) is 0 Å². The van der Waals surface area contributed by atoms with Crippen molar-refractivity contribution in [2.24, 2.45) is 0 Å². The van der Waals surface area contributed by atoms with Crippen LogP contribution in [0.3, 0.4) is 0 Å². The average molecular weight is 222 g/mol. The maximum Gasteiger partial charge on any atom is 0.125 e. The van der Waals surface area contributed by atoms with Crippen LogP contribution in [0.2, 0.25) is 0 Å². The molecule has 0 radical (unpaired) electrons. The SMILES string of the molecule is Cc1ccc(N)c(Sc2cccs2)n1. The third-order valence-electron chi connectivity index (χ3n) is 1.72. The van der Waals surface area contributed by atoms with E-state index >= 15 is 0 Å². The largest absolute Gasteiger partial charge is 0.397 e. The summed E-state index contributed by atoms with van der Waals surface area (Å²) in [5.41, 5.74) is 7.57. The number of rotatable bonds is 2. The number of nitrogens with zero attached hydrogens (tertiary/aromatic N) is 1. The van der Waals surface area contributed by atoms with E-state index in [0.717, 1.165) is 16.4 Å². The standard InChI is InChI=1S/C10H10N2S2/c1-7-4-5-8(11)10(12-7)14-9-3-2-6-13-9/h2-6H,11H2,1H3. The predicted molar refractivity (Wildman–Crippen MR) is 61.8 cm³/mol. The van der Waals surface area contributed by atoms with Gasteiger partial charge in [0.05, 0.1) is 9.90 Å². The third kappa shape index (κ3) is 2.08. The topological polar surface area (TPSA) is 38.9 Å². The van der Waals surface area contributed by atoms with Crippen LogP contribution in [0.4, 0.5) is 5.69 Å². The van der Waals surface area contributed by atoms with Crippen LogP contribution in [-0.2, 0) is 0 Å². The molecular weight excluding hydrogens is 212 g/mol. The first-order valence-corrected chi connectivity index (χ1v) is 5.90. The van der Waals surface area contributed by atoms with Gasteiger partial charge in [-0.25, -0.2) is 4.98 Å². The molecular formula is C10H10N2S2. The molecule has 0 fully saturated rings. The lowest BCUT2D eigenvalue weighted by atomic mass is 10.3. The minimum Gasteiger partial charge on any atom is -0.397 e. The van der Waals surface area contributed by atoms with Gasteiger partial charge in [-0.15, -0.1) is 11.3 Å². The van der Waals surface area contributed by atoms with Gasteiger partial charge < -0.3 is 5.73 Å². The summed E-state index contributed by atoms with van der Waals surface area (Å²) in [4.78, 5) is 4.39. The molecule has 0 aliphatic heterocycles. The lowest BCUT2D eigenvalue weighted by Gasteiger charge is -2.03. The van der Waals surface area contributed by atoms with Gasteiger partial charge in [-0.05, 0) is 30.5 Å². The second-order valence-corrected chi connectivity index (χ2v) is 5.12. The molecule has 0 spiro atoms. The van der Waals surface area contributed by atoms with Gasteiger partial charge in [0.1, 0.15) is 5.03 Å². The zero-order valence-electron chi connectivity index (χ0n) is 7.73. The van der Waals surface area contributed by atoms with E-state index in [4.69, 9.17) is 5.73 Å². The first-order chi connectivity index (χ1) is 6.75. The van der Waals surface area contributed by atoms with Crippen molar-refractivity contribution < 1.29 is 0 Å². The fourth-order valence-corrected chi connectivity index (χ4v) is 2.80. The van der Waals surface area contributed by atoms with Gasteiger partial charge in [-0.3, -0.25) is 0 Å². The molecule has 14 heavy (non-hydrogen) atoms. The Labute approximate surface area is 91.2 Å². The normalized spacial score (nSPS) is 10.4. The van der Waals surface area contributed by atoms with Gasteiger partial charge in [0, 0.05) is 5.69 Å². The van der Waals surface area contributed by atoms with Crippen LogP contribution in [0.15, 0.2) is 38.9 Å². The molecule has 0 amide bonds. The molecule has 2 aromatic heterocycles. The molecule has 2 heterocycles. The van der Waals surface area contributed by atoms with Crippen LogP contribution in [0, 0.1) is 6.92 Å². The van der Waals surface area contributed by atoms with Gasteiger partial charge in [0.15, 0.2) is 0 Å². The Morgan fingerprint density at radius 2 is 2.21 bits per heavy atom.